The molecule has 0 bridgehead atoms. The van der Waals surface area contributed by atoms with Crippen LogP contribution in [0.4, 0.5) is 11.4 Å². The minimum absolute atomic E-state index is 0.0224. The molecule has 3 rings (SSSR count). The number of aromatic nitrogens is 1. The minimum atomic E-state index is -0.773. The van der Waals surface area contributed by atoms with Crippen LogP contribution < -0.4 is 16.0 Å². The summed E-state index contributed by atoms with van der Waals surface area (Å²) in [6.07, 6.45) is 4.68. The van der Waals surface area contributed by atoms with E-state index in [-0.39, 0.29) is 17.7 Å². The topological polar surface area (TPSA) is 121 Å². The van der Waals surface area contributed by atoms with E-state index >= 15 is 0 Å². The number of nitrogens with one attached hydrogen (secondary N) is 3. The number of piperidine rings is 1. The molecule has 1 aromatic carbocycles. The molecule has 9 heteroatoms. The standard InChI is InChI=1S/C22H25N5O4/c1-15(28)25-18-3-2-4-19(13-18)26-21(30)20(29)24-14-16-7-11-27(12-8-16)22(31)17-5-9-23-10-6-17/h2-6,9-10,13,16H,7-8,11-12,14H2,1H3,(H,24,29)(H,25,28)(H,26,30). The number of nitrogens with zero attached hydrogens (tertiary/aromatic N) is 2. The van der Waals surface area contributed by atoms with Crippen molar-refractivity contribution >= 4 is 35.0 Å². The lowest BCUT2D eigenvalue weighted by molar-refractivity contribution is -0.136. The molecule has 0 radical (unpaired) electrons. The van der Waals surface area contributed by atoms with Gasteiger partial charge in [0.05, 0.1) is 0 Å². The molecular weight excluding hydrogens is 398 g/mol. The molecule has 0 unspecified atom stereocenters. The predicted octanol–water partition coefficient (Wildman–Crippen LogP) is 1.65. The molecular formula is C22H25N5O4. The van der Waals surface area contributed by atoms with E-state index in [1.807, 2.05) is 0 Å². The number of rotatable bonds is 5. The number of anilines is 2. The Kier molecular flexibility index (Phi) is 7.31. The average molecular weight is 423 g/mol. The van der Waals surface area contributed by atoms with Crippen LogP contribution in [0.2, 0.25) is 0 Å². The van der Waals surface area contributed by atoms with Gasteiger partial charge >= 0.3 is 11.8 Å². The van der Waals surface area contributed by atoms with E-state index in [2.05, 4.69) is 20.9 Å². The second-order valence-corrected chi connectivity index (χ2v) is 7.40. The van der Waals surface area contributed by atoms with Gasteiger partial charge in [-0.2, -0.15) is 0 Å². The van der Waals surface area contributed by atoms with E-state index in [4.69, 9.17) is 0 Å². The summed E-state index contributed by atoms with van der Waals surface area (Å²) in [6, 6.07) is 9.94. The van der Waals surface area contributed by atoms with E-state index in [9.17, 15) is 19.2 Å². The molecule has 0 saturated carbocycles. The minimum Gasteiger partial charge on any atom is -0.348 e. The molecule has 1 aromatic heterocycles. The van der Waals surface area contributed by atoms with E-state index in [1.54, 1.807) is 53.7 Å². The summed E-state index contributed by atoms with van der Waals surface area (Å²) < 4.78 is 0. The maximum absolute atomic E-state index is 12.5. The number of hydrogen-bond donors (Lipinski definition) is 3. The first-order chi connectivity index (χ1) is 14.9. The lowest BCUT2D eigenvalue weighted by atomic mass is 9.96. The van der Waals surface area contributed by atoms with Crippen molar-refractivity contribution in [3.05, 3.63) is 54.4 Å². The Morgan fingerprint density at radius 2 is 1.61 bits per heavy atom. The number of carbonyl (C=O) groups is 4. The smallest absolute Gasteiger partial charge is 0.313 e. The van der Waals surface area contributed by atoms with Crippen LogP contribution in [0.25, 0.3) is 0 Å². The SMILES string of the molecule is CC(=O)Nc1cccc(NC(=O)C(=O)NCC2CCN(C(=O)c3ccncc3)CC2)c1. The zero-order valence-corrected chi connectivity index (χ0v) is 17.3. The molecule has 1 aliphatic rings. The van der Waals surface area contributed by atoms with Crippen LogP contribution in [0.3, 0.4) is 0 Å². The van der Waals surface area contributed by atoms with Crippen molar-refractivity contribution in [2.24, 2.45) is 5.92 Å². The van der Waals surface area contributed by atoms with Crippen LogP contribution >= 0.6 is 0 Å². The highest BCUT2D eigenvalue weighted by molar-refractivity contribution is 6.39. The fraction of sp³-hybridized carbons (Fsp3) is 0.318. The Morgan fingerprint density at radius 3 is 2.26 bits per heavy atom. The fourth-order valence-electron chi connectivity index (χ4n) is 3.40. The van der Waals surface area contributed by atoms with E-state index in [0.29, 0.717) is 36.6 Å². The molecule has 1 fully saturated rings. The summed E-state index contributed by atoms with van der Waals surface area (Å²) in [5.74, 6) is -1.55. The largest absolute Gasteiger partial charge is 0.348 e. The van der Waals surface area contributed by atoms with Crippen molar-refractivity contribution in [3.63, 3.8) is 0 Å². The van der Waals surface area contributed by atoms with Gasteiger partial charge < -0.3 is 20.9 Å². The van der Waals surface area contributed by atoms with Gasteiger partial charge in [-0.15, -0.1) is 0 Å². The Hall–Kier alpha value is -3.75. The Labute approximate surface area is 180 Å². The van der Waals surface area contributed by atoms with Crippen LogP contribution in [-0.4, -0.2) is 53.1 Å². The van der Waals surface area contributed by atoms with E-state index < -0.39 is 11.8 Å². The van der Waals surface area contributed by atoms with Gasteiger partial charge in [-0.3, -0.25) is 24.2 Å². The highest BCUT2D eigenvalue weighted by atomic mass is 16.2. The van der Waals surface area contributed by atoms with Gasteiger partial charge in [0.15, 0.2) is 0 Å². The first-order valence-electron chi connectivity index (χ1n) is 10.1. The van der Waals surface area contributed by atoms with Crippen LogP contribution in [-0.2, 0) is 14.4 Å². The number of hydrogen-bond acceptors (Lipinski definition) is 5. The fourth-order valence-corrected chi connectivity index (χ4v) is 3.40. The Balaban J connectivity index is 1.42. The zero-order chi connectivity index (χ0) is 22.2. The number of likely N-dealkylation sites (tertiary alicyclic amines) is 1. The summed E-state index contributed by atoms with van der Waals surface area (Å²) >= 11 is 0. The maximum atomic E-state index is 12.5. The highest BCUT2D eigenvalue weighted by Gasteiger charge is 2.24. The average Bonchev–Trinajstić information content (AvgIpc) is 2.77. The van der Waals surface area contributed by atoms with Gasteiger partial charge in [-0.1, -0.05) is 6.07 Å². The lowest BCUT2D eigenvalue weighted by Gasteiger charge is -2.32. The molecule has 9 nitrogen and oxygen atoms in total. The van der Waals surface area contributed by atoms with Crippen LogP contribution in [0, 0.1) is 5.92 Å². The van der Waals surface area contributed by atoms with Gasteiger partial charge in [0.2, 0.25) is 5.91 Å². The summed E-state index contributed by atoms with van der Waals surface area (Å²) in [5.41, 5.74) is 1.55. The third-order valence-corrected chi connectivity index (χ3v) is 5.03. The molecule has 2 heterocycles. The van der Waals surface area contributed by atoms with E-state index in [1.165, 1.54) is 6.92 Å². The molecule has 31 heavy (non-hydrogen) atoms. The lowest BCUT2D eigenvalue weighted by Crippen LogP contribution is -2.43. The quantitative estimate of drug-likeness (QED) is 0.632. The molecule has 0 spiro atoms. The number of carbonyl (C=O) groups excluding carboxylic acids is 4. The van der Waals surface area contributed by atoms with Gasteiger partial charge in [0.1, 0.15) is 0 Å². The van der Waals surface area contributed by atoms with Crippen molar-refractivity contribution in [2.45, 2.75) is 19.8 Å². The molecule has 1 aliphatic heterocycles. The molecule has 0 aliphatic carbocycles. The van der Waals surface area contributed by atoms with E-state index in [0.717, 1.165) is 12.8 Å². The normalized spacial score (nSPS) is 13.9. The van der Waals surface area contributed by atoms with Gasteiger partial charge in [0, 0.05) is 55.9 Å². The Morgan fingerprint density at radius 1 is 0.968 bits per heavy atom. The highest BCUT2D eigenvalue weighted by Crippen LogP contribution is 2.18. The second-order valence-electron chi connectivity index (χ2n) is 7.40. The van der Waals surface area contributed by atoms with Gasteiger partial charge in [-0.05, 0) is 49.1 Å². The summed E-state index contributed by atoms with van der Waals surface area (Å²) in [4.78, 5) is 53.6. The van der Waals surface area contributed by atoms with Crippen LogP contribution in [0.5, 0.6) is 0 Å². The number of benzene rings is 1. The molecule has 4 amide bonds. The summed E-state index contributed by atoms with van der Waals surface area (Å²) in [5, 5.41) is 7.80. The molecule has 1 saturated heterocycles. The molecule has 0 atom stereocenters. The van der Waals surface area contributed by atoms with Crippen molar-refractivity contribution in [1.82, 2.24) is 15.2 Å². The number of pyridine rings is 1. The van der Waals surface area contributed by atoms with Crippen LogP contribution in [0.15, 0.2) is 48.8 Å². The van der Waals surface area contributed by atoms with Crippen LogP contribution in [0.1, 0.15) is 30.1 Å². The number of amides is 4. The molecule has 162 valence electrons. The van der Waals surface area contributed by atoms with Crippen molar-refractivity contribution in [2.75, 3.05) is 30.3 Å². The second kappa shape index (κ2) is 10.3. The van der Waals surface area contributed by atoms with Crippen molar-refractivity contribution < 1.29 is 19.2 Å². The summed E-state index contributed by atoms with van der Waals surface area (Å²) in [7, 11) is 0. The first kappa shape index (κ1) is 21.9. The van der Waals surface area contributed by atoms with Crippen molar-refractivity contribution in [3.8, 4) is 0 Å². The zero-order valence-electron chi connectivity index (χ0n) is 17.3. The third-order valence-electron chi connectivity index (χ3n) is 5.03. The van der Waals surface area contributed by atoms with Gasteiger partial charge in [0.25, 0.3) is 5.91 Å². The van der Waals surface area contributed by atoms with Crippen molar-refractivity contribution in [1.29, 1.82) is 0 Å². The monoisotopic (exact) mass is 423 g/mol. The maximum Gasteiger partial charge on any atom is 0.313 e. The Bertz CT molecular complexity index is 955. The predicted molar refractivity (Wildman–Crippen MR) is 115 cm³/mol. The molecule has 3 N–H and O–H groups in total. The van der Waals surface area contributed by atoms with Gasteiger partial charge in [-0.25, -0.2) is 0 Å². The third kappa shape index (κ3) is 6.36. The summed E-state index contributed by atoms with van der Waals surface area (Å²) in [6.45, 7) is 2.96. The first-order valence-corrected chi connectivity index (χ1v) is 10.1. The molecule has 2 aromatic rings.